The van der Waals surface area contributed by atoms with Crippen molar-refractivity contribution in [2.75, 3.05) is 13.7 Å². The van der Waals surface area contributed by atoms with E-state index in [9.17, 15) is 0 Å². The van der Waals surface area contributed by atoms with Crippen LogP contribution < -0.4 is 10.6 Å². The van der Waals surface area contributed by atoms with E-state index in [-0.39, 0.29) is 0 Å². The van der Waals surface area contributed by atoms with Crippen molar-refractivity contribution >= 4 is 17.3 Å². The third kappa shape index (κ3) is 3.21. The highest BCUT2D eigenvalue weighted by molar-refractivity contribution is 6.30. The second kappa shape index (κ2) is 6.59. The molecule has 1 heterocycles. The van der Waals surface area contributed by atoms with E-state index in [4.69, 9.17) is 22.2 Å². The predicted molar refractivity (Wildman–Crippen MR) is 91.4 cm³/mol. The zero-order chi connectivity index (χ0) is 15.5. The van der Waals surface area contributed by atoms with Crippen LogP contribution in [0.4, 0.5) is 0 Å². The Morgan fingerprint density at radius 3 is 2.95 bits per heavy atom. The molecule has 2 N–H and O–H groups in total. The Labute approximate surface area is 136 Å². The van der Waals surface area contributed by atoms with Crippen LogP contribution in [0.15, 0.2) is 48.1 Å². The molecule has 1 aromatic rings. The molecule has 1 aliphatic carbocycles. The van der Waals surface area contributed by atoms with Crippen LogP contribution in [0.1, 0.15) is 24.8 Å². The Balaban J connectivity index is 1.85. The summed E-state index contributed by atoms with van der Waals surface area (Å²) in [6.45, 7) is 0.595. The number of hydrogen-bond donors (Lipinski definition) is 1. The van der Waals surface area contributed by atoms with E-state index in [1.165, 1.54) is 5.57 Å². The largest absolute Gasteiger partial charge is 0.488 e. The molecule has 1 aromatic carbocycles. The molecule has 0 radical (unpaired) electrons. The molecule has 0 aromatic heterocycles. The second-order valence-electron chi connectivity index (χ2n) is 5.84. The smallest absolute Gasteiger partial charge is 0.129 e. The highest BCUT2D eigenvalue weighted by Crippen LogP contribution is 2.37. The zero-order valence-corrected chi connectivity index (χ0v) is 13.5. The maximum absolute atomic E-state index is 6.14. The monoisotopic (exact) mass is 316 g/mol. The van der Waals surface area contributed by atoms with Crippen LogP contribution in [0.3, 0.4) is 0 Å². The molecule has 1 atom stereocenters. The summed E-state index contributed by atoms with van der Waals surface area (Å²) in [5, 5.41) is 2.38. The Bertz CT molecular complexity index is 646. The van der Waals surface area contributed by atoms with Crippen LogP contribution in [0.25, 0.3) is 5.70 Å². The molecule has 0 fully saturated rings. The van der Waals surface area contributed by atoms with Crippen molar-refractivity contribution in [1.29, 1.82) is 0 Å². The molecule has 0 amide bonds. The zero-order valence-electron chi connectivity index (χ0n) is 12.8. The standard InChI is InChI=1S/C18H21ClN2O/c1-21(20)18-14(8-7-13-5-3-2-4-6-13)12-22-17-10-9-15(19)11-16(17)18/h2-5,9-11,13H,6-8,12,20H2,1H3. The Morgan fingerprint density at radius 1 is 1.36 bits per heavy atom. The fraction of sp³-hybridized carbons (Fsp3) is 0.333. The Morgan fingerprint density at radius 2 is 2.23 bits per heavy atom. The van der Waals surface area contributed by atoms with Crippen LogP contribution in [-0.4, -0.2) is 18.7 Å². The number of halogens is 1. The summed E-state index contributed by atoms with van der Waals surface area (Å²) in [7, 11) is 1.87. The van der Waals surface area contributed by atoms with Crippen molar-refractivity contribution < 1.29 is 4.74 Å². The van der Waals surface area contributed by atoms with E-state index in [1.807, 2.05) is 25.2 Å². The maximum atomic E-state index is 6.14. The van der Waals surface area contributed by atoms with Gasteiger partial charge in [0.25, 0.3) is 0 Å². The SMILES string of the molecule is CN(N)C1=C(CCC2C=CC=CC2)COc2ccc(Cl)cc21. The molecule has 4 heteroatoms. The number of ether oxygens (including phenoxy) is 1. The number of rotatable bonds is 4. The first-order chi connectivity index (χ1) is 10.6. The van der Waals surface area contributed by atoms with Crippen LogP contribution in [0.5, 0.6) is 5.75 Å². The number of hydrogen-bond acceptors (Lipinski definition) is 3. The van der Waals surface area contributed by atoms with Crippen molar-refractivity contribution in [1.82, 2.24) is 5.01 Å². The minimum atomic E-state index is 0.595. The van der Waals surface area contributed by atoms with E-state index < -0.39 is 0 Å². The van der Waals surface area contributed by atoms with Crippen LogP contribution >= 0.6 is 11.6 Å². The van der Waals surface area contributed by atoms with Gasteiger partial charge in [-0.1, -0.05) is 35.9 Å². The average molecular weight is 317 g/mol. The van der Waals surface area contributed by atoms with Crippen molar-refractivity contribution in [3.05, 3.63) is 58.7 Å². The van der Waals surface area contributed by atoms with E-state index >= 15 is 0 Å². The summed E-state index contributed by atoms with van der Waals surface area (Å²) in [6.07, 6.45) is 11.9. The quantitative estimate of drug-likeness (QED) is 0.669. The van der Waals surface area contributed by atoms with E-state index in [1.54, 1.807) is 5.01 Å². The molecular formula is C18H21ClN2O. The van der Waals surface area contributed by atoms with Gasteiger partial charge in [-0.15, -0.1) is 0 Å². The summed E-state index contributed by atoms with van der Waals surface area (Å²) in [4.78, 5) is 0. The summed E-state index contributed by atoms with van der Waals surface area (Å²) < 4.78 is 5.88. The highest BCUT2D eigenvalue weighted by Gasteiger charge is 2.23. The van der Waals surface area contributed by atoms with Crippen molar-refractivity contribution in [3.63, 3.8) is 0 Å². The third-order valence-electron chi connectivity index (χ3n) is 4.17. The van der Waals surface area contributed by atoms with Crippen molar-refractivity contribution in [2.45, 2.75) is 19.3 Å². The first kappa shape index (κ1) is 15.2. The van der Waals surface area contributed by atoms with Crippen LogP contribution in [-0.2, 0) is 0 Å². The molecule has 0 bridgehead atoms. The van der Waals surface area contributed by atoms with Gasteiger partial charge in [0, 0.05) is 17.6 Å². The topological polar surface area (TPSA) is 38.5 Å². The van der Waals surface area contributed by atoms with Gasteiger partial charge in [-0.25, -0.2) is 5.84 Å². The minimum Gasteiger partial charge on any atom is -0.488 e. The number of hydrazine groups is 1. The molecule has 3 rings (SSSR count). The highest BCUT2D eigenvalue weighted by atomic mass is 35.5. The fourth-order valence-corrected chi connectivity index (χ4v) is 3.24. The number of nitrogens with two attached hydrogens (primary N) is 1. The minimum absolute atomic E-state index is 0.595. The second-order valence-corrected chi connectivity index (χ2v) is 6.28. The predicted octanol–water partition coefficient (Wildman–Crippen LogP) is 4.16. The molecule has 1 aliphatic heterocycles. The number of nitrogens with zero attached hydrogens (tertiary/aromatic N) is 1. The van der Waals surface area contributed by atoms with Gasteiger partial charge in [0.15, 0.2) is 0 Å². The van der Waals surface area contributed by atoms with Gasteiger partial charge in [-0.3, -0.25) is 0 Å². The Kier molecular flexibility index (Phi) is 4.55. The molecule has 0 saturated carbocycles. The summed E-state index contributed by atoms with van der Waals surface area (Å²) in [6, 6.07) is 5.68. The summed E-state index contributed by atoms with van der Waals surface area (Å²) in [5.74, 6) is 7.53. The lowest BCUT2D eigenvalue weighted by molar-refractivity contribution is 0.329. The first-order valence-electron chi connectivity index (χ1n) is 7.61. The molecule has 0 saturated heterocycles. The normalized spacial score (nSPS) is 19.9. The summed E-state index contributed by atoms with van der Waals surface area (Å²) in [5.41, 5.74) is 3.26. The molecule has 2 aliphatic rings. The van der Waals surface area contributed by atoms with Crippen LogP contribution in [0, 0.1) is 5.92 Å². The third-order valence-corrected chi connectivity index (χ3v) is 4.41. The van der Waals surface area contributed by atoms with Gasteiger partial charge in [0.05, 0.1) is 5.70 Å². The lowest BCUT2D eigenvalue weighted by atomic mass is 9.91. The van der Waals surface area contributed by atoms with Crippen molar-refractivity contribution in [2.24, 2.45) is 11.8 Å². The van der Waals surface area contributed by atoms with E-state index in [2.05, 4.69) is 24.3 Å². The van der Waals surface area contributed by atoms with Gasteiger partial charge in [-0.2, -0.15) is 0 Å². The summed E-state index contributed by atoms with van der Waals surface area (Å²) >= 11 is 6.14. The lowest BCUT2D eigenvalue weighted by Gasteiger charge is -2.29. The first-order valence-corrected chi connectivity index (χ1v) is 7.99. The van der Waals surface area contributed by atoms with Gasteiger partial charge in [0.2, 0.25) is 0 Å². The van der Waals surface area contributed by atoms with Gasteiger partial charge in [0.1, 0.15) is 12.4 Å². The van der Waals surface area contributed by atoms with Gasteiger partial charge < -0.3 is 9.75 Å². The van der Waals surface area contributed by atoms with Gasteiger partial charge >= 0.3 is 0 Å². The number of allylic oxidation sites excluding steroid dienone is 4. The molecule has 116 valence electrons. The molecule has 3 nitrogen and oxygen atoms in total. The fourth-order valence-electron chi connectivity index (χ4n) is 3.07. The van der Waals surface area contributed by atoms with Crippen LogP contribution in [0.2, 0.25) is 5.02 Å². The molecular weight excluding hydrogens is 296 g/mol. The van der Waals surface area contributed by atoms with E-state index in [0.29, 0.717) is 17.5 Å². The molecule has 22 heavy (non-hydrogen) atoms. The van der Waals surface area contributed by atoms with E-state index in [0.717, 1.165) is 36.3 Å². The van der Waals surface area contributed by atoms with Crippen molar-refractivity contribution in [3.8, 4) is 5.75 Å². The maximum Gasteiger partial charge on any atom is 0.129 e. The van der Waals surface area contributed by atoms with Gasteiger partial charge in [-0.05, 0) is 49.0 Å². The molecule has 1 unspecified atom stereocenters. The number of fused-ring (bicyclic) bond motifs is 1. The molecule has 0 spiro atoms. The average Bonchev–Trinajstić information content (AvgIpc) is 2.52. The number of benzene rings is 1. The Hall–Kier alpha value is -1.71. The lowest BCUT2D eigenvalue weighted by Crippen LogP contribution is -2.29.